The first-order chi connectivity index (χ1) is 9.18. The average molecular weight is 263 g/mol. The van der Waals surface area contributed by atoms with E-state index in [9.17, 15) is 9.90 Å². The van der Waals surface area contributed by atoms with Gasteiger partial charge in [-0.1, -0.05) is 18.2 Å². The molecule has 0 aromatic heterocycles. The van der Waals surface area contributed by atoms with Gasteiger partial charge in [0.1, 0.15) is 23.9 Å². The van der Waals surface area contributed by atoms with Crippen molar-refractivity contribution < 1.29 is 19.4 Å². The Kier molecular flexibility index (Phi) is 3.16. The number of carbonyl (C=O) groups excluding carboxylic acids is 1. The van der Waals surface area contributed by atoms with Crippen molar-refractivity contribution in [2.24, 2.45) is 0 Å². The number of benzene rings is 1. The van der Waals surface area contributed by atoms with Gasteiger partial charge in [-0.2, -0.15) is 0 Å². The van der Waals surface area contributed by atoms with Crippen LogP contribution in [0.15, 0.2) is 24.3 Å². The zero-order chi connectivity index (χ0) is 13.3. The highest BCUT2D eigenvalue weighted by molar-refractivity contribution is 5.85. The van der Waals surface area contributed by atoms with E-state index >= 15 is 0 Å². The molecule has 2 atom stereocenters. The monoisotopic (exact) mass is 263 g/mol. The lowest BCUT2D eigenvalue weighted by atomic mass is 9.99. The Labute approximate surface area is 111 Å². The van der Waals surface area contributed by atoms with Gasteiger partial charge < -0.3 is 19.9 Å². The van der Waals surface area contributed by atoms with Gasteiger partial charge in [0.25, 0.3) is 0 Å². The lowest BCUT2D eigenvalue weighted by Gasteiger charge is -2.21. The van der Waals surface area contributed by atoms with Crippen molar-refractivity contribution in [1.29, 1.82) is 0 Å². The van der Waals surface area contributed by atoms with E-state index in [4.69, 9.17) is 9.47 Å². The van der Waals surface area contributed by atoms with Crippen LogP contribution < -0.4 is 10.1 Å². The summed E-state index contributed by atoms with van der Waals surface area (Å²) in [6.07, 6.45) is 0.561. The lowest BCUT2D eigenvalue weighted by molar-refractivity contribution is -0.124. The Bertz CT molecular complexity index is 482. The maximum Gasteiger partial charge on any atom is 0.231 e. The van der Waals surface area contributed by atoms with E-state index in [1.807, 2.05) is 24.3 Å². The quantitative estimate of drug-likeness (QED) is 0.830. The van der Waals surface area contributed by atoms with Crippen LogP contribution in [0.3, 0.4) is 0 Å². The standard InChI is InChI=1S/C14H17NO4/c16-13(15-8-14(17)5-6-18-9-14)11-7-19-12-4-2-1-3-10(11)12/h1-4,11,17H,5-9H2,(H,15,16). The molecular formula is C14H17NO4. The first-order valence-corrected chi connectivity index (χ1v) is 6.48. The molecule has 2 unspecified atom stereocenters. The third-order valence-electron chi connectivity index (χ3n) is 3.69. The summed E-state index contributed by atoms with van der Waals surface area (Å²) in [6, 6.07) is 7.55. The summed E-state index contributed by atoms with van der Waals surface area (Å²) in [5, 5.41) is 12.9. The second-order valence-electron chi connectivity index (χ2n) is 5.15. The Morgan fingerprint density at radius 2 is 2.32 bits per heavy atom. The molecule has 19 heavy (non-hydrogen) atoms. The molecule has 5 heteroatoms. The zero-order valence-corrected chi connectivity index (χ0v) is 10.6. The summed E-state index contributed by atoms with van der Waals surface area (Å²) in [5.41, 5.74) is -0.0103. The molecule has 102 valence electrons. The van der Waals surface area contributed by atoms with E-state index in [0.29, 0.717) is 19.6 Å². The molecule has 1 amide bonds. The first kappa shape index (κ1) is 12.4. The zero-order valence-electron chi connectivity index (χ0n) is 10.6. The maximum atomic E-state index is 12.2. The number of fused-ring (bicyclic) bond motifs is 1. The third-order valence-corrected chi connectivity index (χ3v) is 3.69. The number of amides is 1. The highest BCUT2D eigenvalue weighted by Gasteiger charge is 2.35. The van der Waals surface area contributed by atoms with Gasteiger partial charge in [-0.05, 0) is 6.07 Å². The van der Waals surface area contributed by atoms with Crippen molar-refractivity contribution in [2.75, 3.05) is 26.4 Å². The van der Waals surface area contributed by atoms with Gasteiger partial charge in [0.15, 0.2) is 0 Å². The summed E-state index contributed by atoms with van der Waals surface area (Å²) in [5.74, 6) is 0.373. The smallest absolute Gasteiger partial charge is 0.231 e. The Morgan fingerprint density at radius 3 is 3.11 bits per heavy atom. The molecule has 2 N–H and O–H groups in total. The fraction of sp³-hybridized carbons (Fsp3) is 0.500. The minimum atomic E-state index is -0.922. The van der Waals surface area contributed by atoms with Crippen LogP contribution in [0.1, 0.15) is 17.9 Å². The number of nitrogens with one attached hydrogen (secondary N) is 1. The lowest BCUT2D eigenvalue weighted by Crippen LogP contribution is -2.44. The van der Waals surface area contributed by atoms with Crippen LogP contribution in [-0.4, -0.2) is 43.0 Å². The van der Waals surface area contributed by atoms with Crippen molar-refractivity contribution in [3.63, 3.8) is 0 Å². The number of para-hydroxylation sites is 1. The Balaban J connectivity index is 1.63. The summed E-state index contributed by atoms with van der Waals surface area (Å²) < 4.78 is 10.6. The number of hydrogen-bond acceptors (Lipinski definition) is 4. The molecule has 3 rings (SSSR count). The summed E-state index contributed by atoms with van der Waals surface area (Å²) in [6.45, 7) is 1.41. The molecule has 2 aliphatic heterocycles. The third kappa shape index (κ3) is 2.43. The number of hydrogen-bond donors (Lipinski definition) is 2. The van der Waals surface area contributed by atoms with Gasteiger partial charge in [0.05, 0.1) is 6.61 Å². The highest BCUT2D eigenvalue weighted by atomic mass is 16.5. The fourth-order valence-electron chi connectivity index (χ4n) is 2.49. The van der Waals surface area contributed by atoms with E-state index in [2.05, 4.69) is 5.32 Å². The molecule has 1 saturated heterocycles. The number of ether oxygens (including phenoxy) is 2. The van der Waals surface area contributed by atoms with Gasteiger partial charge in [-0.25, -0.2) is 0 Å². The van der Waals surface area contributed by atoms with E-state index in [1.165, 1.54) is 0 Å². The normalized spacial score (nSPS) is 28.8. The van der Waals surface area contributed by atoms with Crippen LogP contribution in [0.25, 0.3) is 0 Å². The number of aliphatic hydroxyl groups is 1. The minimum absolute atomic E-state index is 0.106. The van der Waals surface area contributed by atoms with Gasteiger partial charge in [0, 0.05) is 25.1 Å². The minimum Gasteiger partial charge on any atom is -0.492 e. The number of rotatable bonds is 3. The Hall–Kier alpha value is -1.59. The van der Waals surface area contributed by atoms with E-state index in [0.717, 1.165) is 11.3 Å². The summed E-state index contributed by atoms with van der Waals surface area (Å²) >= 11 is 0. The molecule has 1 aromatic carbocycles. The van der Waals surface area contributed by atoms with Crippen molar-refractivity contribution in [1.82, 2.24) is 5.32 Å². The SMILES string of the molecule is O=C(NCC1(O)CCOC1)C1COc2ccccc21. The van der Waals surface area contributed by atoms with Crippen LogP contribution >= 0.6 is 0 Å². The van der Waals surface area contributed by atoms with Crippen LogP contribution in [0, 0.1) is 0 Å². The second kappa shape index (κ2) is 4.83. The van der Waals surface area contributed by atoms with Crippen LogP contribution in [-0.2, 0) is 9.53 Å². The largest absolute Gasteiger partial charge is 0.492 e. The van der Waals surface area contributed by atoms with Crippen molar-refractivity contribution in [3.8, 4) is 5.75 Å². The van der Waals surface area contributed by atoms with Gasteiger partial charge in [0.2, 0.25) is 5.91 Å². The van der Waals surface area contributed by atoms with Gasteiger partial charge in [-0.15, -0.1) is 0 Å². The first-order valence-electron chi connectivity index (χ1n) is 6.48. The molecule has 5 nitrogen and oxygen atoms in total. The van der Waals surface area contributed by atoms with Crippen molar-refractivity contribution in [2.45, 2.75) is 17.9 Å². The second-order valence-corrected chi connectivity index (χ2v) is 5.15. The molecule has 0 saturated carbocycles. The van der Waals surface area contributed by atoms with Crippen LogP contribution in [0.5, 0.6) is 5.75 Å². The predicted molar refractivity (Wildman–Crippen MR) is 68.1 cm³/mol. The predicted octanol–water partition coefficient (Wildman–Crippen LogP) is 0.430. The topological polar surface area (TPSA) is 67.8 Å². The fourth-order valence-corrected chi connectivity index (χ4v) is 2.49. The molecule has 0 spiro atoms. The summed E-state index contributed by atoms with van der Waals surface area (Å²) in [7, 11) is 0. The van der Waals surface area contributed by atoms with Gasteiger partial charge >= 0.3 is 0 Å². The van der Waals surface area contributed by atoms with Crippen molar-refractivity contribution >= 4 is 5.91 Å². The van der Waals surface area contributed by atoms with E-state index in [-0.39, 0.29) is 25.0 Å². The number of carbonyl (C=O) groups is 1. The van der Waals surface area contributed by atoms with E-state index in [1.54, 1.807) is 0 Å². The van der Waals surface area contributed by atoms with Crippen LogP contribution in [0.4, 0.5) is 0 Å². The Morgan fingerprint density at radius 1 is 1.47 bits per heavy atom. The molecule has 1 aromatic rings. The van der Waals surface area contributed by atoms with Crippen LogP contribution in [0.2, 0.25) is 0 Å². The molecule has 0 bridgehead atoms. The molecule has 0 radical (unpaired) electrons. The molecule has 1 fully saturated rings. The molecular weight excluding hydrogens is 246 g/mol. The average Bonchev–Trinajstić information content (AvgIpc) is 3.03. The summed E-state index contributed by atoms with van der Waals surface area (Å²) in [4.78, 5) is 12.2. The molecule has 0 aliphatic carbocycles. The highest BCUT2D eigenvalue weighted by Crippen LogP contribution is 2.33. The van der Waals surface area contributed by atoms with E-state index < -0.39 is 5.60 Å². The maximum absolute atomic E-state index is 12.2. The molecule has 2 heterocycles. The molecule has 2 aliphatic rings. The van der Waals surface area contributed by atoms with Gasteiger partial charge in [-0.3, -0.25) is 4.79 Å². The van der Waals surface area contributed by atoms with Crippen molar-refractivity contribution in [3.05, 3.63) is 29.8 Å².